The number of hydrogen-bond acceptors (Lipinski definition) is 2. The van der Waals surface area contributed by atoms with Gasteiger partial charge in [0.1, 0.15) is 0 Å². The van der Waals surface area contributed by atoms with Gasteiger partial charge in [-0.05, 0) is 76.3 Å². The highest BCUT2D eigenvalue weighted by molar-refractivity contribution is 5.32. The lowest BCUT2D eigenvalue weighted by molar-refractivity contribution is 0.390. The number of unbranched alkanes of at least 4 members (excludes halogenated alkanes) is 1. The van der Waals surface area contributed by atoms with Crippen LogP contribution in [0.2, 0.25) is 0 Å². The smallest absolute Gasteiger partial charge is 0.00202 e. The molecular formula is C17H28N2. The number of nitrogens with zero attached hydrogens (tertiary/aromatic N) is 1. The van der Waals surface area contributed by atoms with E-state index in [1.807, 2.05) is 0 Å². The van der Waals surface area contributed by atoms with Gasteiger partial charge in [0.2, 0.25) is 0 Å². The Labute approximate surface area is 118 Å². The summed E-state index contributed by atoms with van der Waals surface area (Å²) >= 11 is 0. The number of hydrogen-bond donors (Lipinski definition) is 1. The van der Waals surface area contributed by atoms with Gasteiger partial charge in [0.05, 0.1) is 0 Å². The molecule has 0 bridgehead atoms. The van der Waals surface area contributed by atoms with E-state index in [-0.39, 0.29) is 0 Å². The first-order valence-electron chi connectivity index (χ1n) is 7.70. The van der Waals surface area contributed by atoms with Gasteiger partial charge in [-0.1, -0.05) is 24.3 Å². The van der Waals surface area contributed by atoms with Gasteiger partial charge in [-0.15, -0.1) is 0 Å². The van der Waals surface area contributed by atoms with E-state index in [1.54, 1.807) is 11.1 Å². The van der Waals surface area contributed by atoms with Crippen molar-refractivity contribution >= 4 is 0 Å². The molecule has 0 fully saturated rings. The molecule has 1 N–H and O–H groups in total. The molecule has 0 saturated carbocycles. The molecule has 2 rings (SSSR count). The predicted molar refractivity (Wildman–Crippen MR) is 82.8 cm³/mol. The molecule has 0 saturated heterocycles. The largest absolute Gasteiger partial charge is 0.316 e. The van der Waals surface area contributed by atoms with Gasteiger partial charge in [0, 0.05) is 6.54 Å². The molecule has 106 valence electrons. The number of aryl methyl sites for hydroxylation is 1. The van der Waals surface area contributed by atoms with E-state index in [4.69, 9.17) is 0 Å². The summed E-state index contributed by atoms with van der Waals surface area (Å²) in [6.45, 7) is 3.51. The molecule has 0 spiro atoms. The van der Waals surface area contributed by atoms with Crippen LogP contribution in [0.25, 0.3) is 0 Å². The van der Waals surface area contributed by atoms with Gasteiger partial charge in [-0.3, -0.25) is 0 Å². The minimum atomic E-state index is 0.735. The van der Waals surface area contributed by atoms with E-state index in [9.17, 15) is 0 Å². The molecule has 0 heterocycles. The minimum Gasteiger partial charge on any atom is -0.316 e. The summed E-state index contributed by atoms with van der Waals surface area (Å²) in [5.41, 5.74) is 3.17. The molecular weight excluding hydrogens is 232 g/mol. The van der Waals surface area contributed by atoms with Crippen LogP contribution < -0.4 is 5.32 Å². The van der Waals surface area contributed by atoms with Crippen LogP contribution in [0, 0.1) is 0 Å². The molecule has 2 nitrogen and oxygen atoms in total. The zero-order valence-electron chi connectivity index (χ0n) is 12.5. The molecule has 2 heteroatoms. The fraction of sp³-hybridized carbons (Fsp3) is 0.647. The Hall–Kier alpha value is -0.860. The van der Waals surface area contributed by atoms with Gasteiger partial charge >= 0.3 is 0 Å². The van der Waals surface area contributed by atoms with Crippen molar-refractivity contribution in [3.8, 4) is 0 Å². The third kappa shape index (κ3) is 4.63. The average Bonchev–Trinajstić information content (AvgIpc) is 2.42. The molecule has 0 amide bonds. The first-order valence-corrected chi connectivity index (χ1v) is 7.70. The van der Waals surface area contributed by atoms with E-state index in [1.165, 1.54) is 38.6 Å². The zero-order valence-corrected chi connectivity index (χ0v) is 12.5. The van der Waals surface area contributed by atoms with Crippen LogP contribution in [0.15, 0.2) is 24.3 Å². The van der Waals surface area contributed by atoms with E-state index < -0.39 is 0 Å². The molecule has 1 unspecified atom stereocenters. The van der Waals surface area contributed by atoms with Crippen molar-refractivity contribution in [1.29, 1.82) is 0 Å². The zero-order chi connectivity index (χ0) is 13.5. The Morgan fingerprint density at radius 2 is 2.05 bits per heavy atom. The van der Waals surface area contributed by atoms with Gasteiger partial charge in [-0.2, -0.15) is 0 Å². The summed E-state index contributed by atoms with van der Waals surface area (Å²) in [6, 6.07) is 9.00. The summed E-state index contributed by atoms with van der Waals surface area (Å²) in [5, 5.41) is 3.65. The first-order chi connectivity index (χ1) is 9.27. The fourth-order valence-electron chi connectivity index (χ4n) is 3.02. The summed E-state index contributed by atoms with van der Waals surface area (Å²) in [5.74, 6) is 0.735. The standard InChI is InChI=1S/C17H28N2/c1-19(2)13-6-5-12-18-14-16-10-7-9-15-8-3-4-11-17(15)16/h3-4,8,11,16,18H,5-7,9-10,12-14H2,1-2H3. The highest BCUT2D eigenvalue weighted by Crippen LogP contribution is 2.30. The molecule has 19 heavy (non-hydrogen) atoms. The lowest BCUT2D eigenvalue weighted by Crippen LogP contribution is -2.25. The lowest BCUT2D eigenvalue weighted by Gasteiger charge is -2.25. The van der Waals surface area contributed by atoms with E-state index in [0.717, 1.165) is 19.0 Å². The van der Waals surface area contributed by atoms with Gasteiger partial charge < -0.3 is 10.2 Å². The normalized spacial score (nSPS) is 18.6. The highest BCUT2D eigenvalue weighted by Gasteiger charge is 2.18. The number of benzene rings is 1. The van der Waals surface area contributed by atoms with Crippen molar-refractivity contribution in [2.75, 3.05) is 33.7 Å². The molecule has 0 radical (unpaired) electrons. The lowest BCUT2D eigenvalue weighted by atomic mass is 9.83. The van der Waals surface area contributed by atoms with Crippen molar-refractivity contribution in [3.63, 3.8) is 0 Å². The van der Waals surface area contributed by atoms with E-state index >= 15 is 0 Å². The Bertz CT molecular complexity index is 373. The van der Waals surface area contributed by atoms with Crippen molar-refractivity contribution in [3.05, 3.63) is 35.4 Å². The van der Waals surface area contributed by atoms with Gasteiger partial charge in [0.25, 0.3) is 0 Å². The Kier molecular flexibility index (Phi) is 5.87. The first kappa shape index (κ1) is 14.5. The van der Waals surface area contributed by atoms with Crippen LogP contribution in [0.5, 0.6) is 0 Å². The fourth-order valence-corrected chi connectivity index (χ4v) is 3.02. The molecule has 1 atom stereocenters. The van der Waals surface area contributed by atoms with Gasteiger partial charge in [0.15, 0.2) is 0 Å². The monoisotopic (exact) mass is 260 g/mol. The molecule has 1 aliphatic rings. The maximum absolute atomic E-state index is 3.65. The Morgan fingerprint density at radius 1 is 1.21 bits per heavy atom. The molecule has 0 aromatic heterocycles. The van der Waals surface area contributed by atoms with Crippen LogP contribution in [0.1, 0.15) is 42.7 Å². The summed E-state index contributed by atoms with van der Waals surface area (Å²) in [6.07, 6.45) is 6.55. The predicted octanol–water partition coefficient (Wildman–Crippen LogP) is 3.04. The number of nitrogens with one attached hydrogen (secondary N) is 1. The third-order valence-corrected chi connectivity index (χ3v) is 4.09. The molecule has 0 aliphatic heterocycles. The van der Waals surface area contributed by atoms with E-state index in [0.29, 0.717) is 0 Å². The van der Waals surface area contributed by atoms with Crippen LogP contribution in [0.4, 0.5) is 0 Å². The Morgan fingerprint density at radius 3 is 2.89 bits per heavy atom. The van der Waals surface area contributed by atoms with Crippen molar-refractivity contribution in [2.45, 2.75) is 38.0 Å². The van der Waals surface area contributed by atoms with E-state index in [2.05, 4.69) is 48.6 Å². The van der Waals surface area contributed by atoms with Crippen molar-refractivity contribution in [1.82, 2.24) is 10.2 Å². The van der Waals surface area contributed by atoms with Crippen molar-refractivity contribution < 1.29 is 0 Å². The SMILES string of the molecule is CN(C)CCCCNCC1CCCc2ccccc21. The number of fused-ring (bicyclic) bond motifs is 1. The second kappa shape index (κ2) is 7.66. The second-order valence-corrected chi connectivity index (χ2v) is 6.00. The third-order valence-electron chi connectivity index (χ3n) is 4.09. The topological polar surface area (TPSA) is 15.3 Å². The van der Waals surface area contributed by atoms with Crippen LogP contribution in [-0.2, 0) is 6.42 Å². The maximum Gasteiger partial charge on any atom is 0.00202 e. The van der Waals surface area contributed by atoms with Crippen LogP contribution >= 0.6 is 0 Å². The number of rotatable bonds is 7. The van der Waals surface area contributed by atoms with Crippen molar-refractivity contribution in [2.24, 2.45) is 0 Å². The molecule has 1 aromatic rings. The minimum absolute atomic E-state index is 0.735. The second-order valence-electron chi connectivity index (χ2n) is 6.00. The Balaban J connectivity index is 1.70. The highest BCUT2D eigenvalue weighted by atomic mass is 15.0. The molecule has 1 aliphatic carbocycles. The van der Waals surface area contributed by atoms with Crippen LogP contribution in [-0.4, -0.2) is 38.6 Å². The summed E-state index contributed by atoms with van der Waals surface area (Å²) in [4.78, 5) is 2.26. The maximum atomic E-state index is 3.65. The average molecular weight is 260 g/mol. The van der Waals surface area contributed by atoms with Crippen LogP contribution in [0.3, 0.4) is 0 Å². The molecule has 1 aromatic carbocycles. The summed E-state index contributed by atoms with van der Waals surface area (Å²) in [7, 11) is 4.29. The summed E-state index contributed by atoms with van der Waals surface area (Å²) < 4.78 is 0. The van der Waals surface area contributed by atoms with Gasteiger partial charge in [-0.25, -0.2) is 0 Å². The quantitative estimate of drug-likeness (QED) is 0.758.